The Hall–Kier alpha value is -1.43. The summed E-state index contributed by atoms with van der Waals surface area (Å²) in [5.74, 6) is -0.0603. The second-order valence-electron chi connectivity index (χ2n) is 4.03. The lowest BCUT2D eigenvalue weighted by Crippen LogP contribution is -2.34. The highest BCUT2D eigenvalue weighted by atomic mass is 32.1. The van der Waals surface area contributed by atoms with Crippen LogP contribution in [0.25, 0.3) is 0 Å². The first kappa shape index (κ1) is 12.0. The maximum absolute atomic E-state index is 12.2. The van der Waals surface area contributed by atoms with Gasteiger partial charge < -0.3 is 10.2 Å². The van der Waals surface area contributed by atoms with Crippen molar-refractivity contribution in [2.45, 2.75) is 20.3 Å². The molecule has 0 radical (unpaired) electrons. The van der Waals surface area contributed by atoms with Crippen LogP contribution < -0.4 is 5.32 Å². The third kappa shape index (κ3) is 2.63. The van der Waals surface area contributed by atoms with Gasteiger partial charge in [-0.25, -0.2) is 4.98 Å². The van der Waals surface area contributed by atoms with Gasteiger partial charge >= 0.3 is 0 Å². The van der Waals surface area contributed by atoms with Crippen LogP contribution in [-0.4, -0.2) is 41.3 Å². The van der Waals surface area contributed by atoms with Crippen LogP contribution >= 0.6 is 11.3 Å². The second kappa shape index (κ2) is 4.83. The molecule has 17 heavy (non-hydrogen) atoms. The number of thiazole rings is 1. The zero-order valence-corrected chi connectivity index (χ0v) is 10.8. The molecule has 0 bridgehead atoms. The second-order valence-corrected chi connectivity index (χ2v) is 5.44. The minimum atomic E-state index is -0.0663. The Balaban J connectivity index is 2.14. The van der Waals surface area contributed by atoms with Crippen molar-refractivity contribution < 1.29 is 9.59 Å². The van der Waals surface area contributed by atoms with Gasteiger partial charge in [0.2, 0.25) is 5.91 Å². The van der Waals surface area contributed by atoms with E-state index >= 15 is 0 Å². The molecule has 0 atom stereocenters. The molecule has 6 heteroatoms. The molecule has 92 valence electrons. The SMILES string of the molecule is Cc1nc(C(=O)N2CCNC(=O)CC2)c(C)s1. The molecule has 0 spiro atoms. The summed E-state index contributed by atoms with van der Waals surface area (Å²) in [5, 5.41) is 3.65. The van der Waals surface area contributed by atoms with Crippen LogP contribution in [0.15, 0.2) is 0 Å². The van der Waals surface area contributed by atoms with Gasteiger partial charge in [0, 0.05) is 30.9 Å². The molecule has 0 aromatic carbocycles. The van der Waals surface area contributed by atoms with Gasteiger partial charge in [-0.3, -0.25) is 9.59 Å². The molecule has 0 aliphatic carbocycles. The van der Waals surface area contributed by atoms with Crippen molar-refractivity contribution in [3.8, 4) is 0 Å². The van der Waals surface area contributed by atoms with E-state index in [0.29, 0.717) is 31.7 Å². The number of hydrogen-bond donors (Lipinski definition) is 1. The fraction of sp³-hybridized carbons (Fsp3) is 0.545. The summed E-state index contributed by atoms with van der Waals surface area (Å²) < 4.78 is 0. The molecule has 0 unspecified atom stereocenters. The maximum Gasteiger partial charge on any atom is 0.273 e. The molecule has 1 aliphatic rings. The number of hydrogen-bond acceptors (Lipinski definition) is 4. The molecule has 0 saturated carbocycles. The standard InChI is InChI=1S/C11H15N3O2S/c1-7-10(13-8(2)17-7)11(16)14-5-3-9(15)12-4-6-14/h3-6H2,1-2H3,(H,12,15). The minimum Gasteiger partial charge on any atom is -0.354 e. The highest BCUT2D eigenvalue weighted by molar-refractivity contribution is 7.11. The van der Waals surface area contributed by atoms with E-state index in [0.717, 1.165) is 9.88 Å². The topological polar surface area (TPSA) is 62.3 Å². The van der Waals surface area contributed by atoms with Crippen molar-refractivity contribution in [2.75, 3.05) is 19.6 Å². The Morgan fingerprint density at radius 3 is 2.82 bits per heavy atom. The van der Waals surface area contributed by atoms with E-state index in [1.54, 1.807) is 4.90 Å². The third-order valence-corrected chi connectivity index (χ3v) is 3.59. The number of carbonyl (C=O) groups excluding carboxylic acids is 2. The van der Waals surface area contributed by atoms with Crippen LogP contribution in [0.5, 0.6) is 0 Å². The molecule has 1 fully saturated rings. The average Bonchev–Trinajstić information content (AvgIpc) is 2.49. The predicted molar refractivity (Wildman–Crippen MR) is 65.1 cm³/mol. The molecule has 1 N–H and O–H groups in total. The Kier molecular flexibility index (Phi) is 3.42. The van der Waals surface area contributed by atoms with Crippen LogP contribution in [-0.2, 0) is 4.79 Å². The Bertz CT molecular complexity index is 456. The van der Waals surface area contributed by atoms with E-state index < -0.39 is 0 Å². The smallest absolute Gasteiger partial charge is 0.273 e. The van der Waals surface area contributed by atoms with Gasteiger partial charge in [0.25, 0.3) is 5.91 Å². The van der Waals surface area contributed by atoms with Crippen molar-refractivity contribution in [2.24, 2.45) is 0 Å². The molecule has 1 saturated heterocycles. The number of amides is 2. The first-order chi connectivity index (χ1) is 8.08. The predicted octanol–water partition coefficient (Wildman–Crippen LogP) is 0.722. The molecule has 1 aromatic heterocycles. The van der Waals surface area contributed by atoms with Gasteiger partial charge in [-0.05, 0) is 13.8 Å². The van der Waals surface area contributed by atoms with Crippen molar-refractivity contribution in [3.63, 3.8) is 0 Å². The van der Waals surface area contributed by atoms with Gasteiger partial charge in [-0.2, -0.15) is 0 Å². The molecule has 1 aliphatic heterocycles. The van der Waals surface area contributed by atoms with Crippen molar-refractivity contribution in [3.05, 3.63) is 15.6 Å². The summed E-state index contributed by atoms with van der Waals surface area (Å²) in [6.45, 7) is 5.34. The lowest BCUT2D eigenvalue weighted by Gasteiger charge is -2.18. The van der Waals surface area contributed by atoms with Gasteiger partial charge in [-0.1, -0.05) is 0 Å². The van der Waals surface area contributed by atoms with Gasteiger partial charge in [0.05, 0.1) is 5.01 Å². The van der Waals surface area contributed by atoms with Crippen molar-refractivity contribution >= 4 is 23.2 Å². The zero-order chi connectivity index (χ0) is 12.4. The number of nitrogens with zero attached hydrogens (tertiary/aromatic N) is 2. The van der Waals surface area contributed by atoms with Gasteiger partial charge in [0.1, 0.15) is 5.69 Å². The molecular weight excluding hydrogens is 238 g/mol. The largest absolute Gasteiger partial charge is 0.354 e. The first-order valence-corrected chi connectivity index (χ1v) is 6.39. The fourth-order valence-corrected chi connectivity index (χ4v) is 2.66. The van der Waals surface area contributed by atoms with E-state index in [4.69, 9.17) is 0 Å². The average molecular weight is 253 g/mol. The third-order valence-electron chi connectivity index (χ3n) is 2.71. The van der Waals surface area contributed by atoms with Crippen molar-refractivity contribution in [1.29, 1.82) is 0 Å². The molecule has 2 rings (SSSR count). The van der Waals surface area contributed by atoms with Crippen LogP contribution in [0.4, 0.5) is 0 Å². The molecule has 1 aromatic rings. The fourth-order valence-electron chi connectivity index (χ4n) is 1.85. The van der Waals surface area contributed by atoms with E-state index in [1.165, 1.54) is 11.3 Å². The summed E-state index contributed by atoms with van der Waals surface area (Å²) in [4.78, 5) is 30.3. The number of rotatable bonds is 1. The minimum absolute atomic E-state index is 0.00600. The highest BCUT2D eigenvalue weighted by Gasteiger charge is 2.23. The summed E-state index contributed by atoms with van der Waals surface area (Å²) >= 11 is 1.53. The normalized spacial score (nSPS) is 16.6. The van der Waals surface area contributed by atoms with E-state index in [1.807, 2.05) is 13.8 Å². The van der Waals surface area contributed by atoms with Crippen molar-refractivity contribution in [1.82, 2.24) is 15.2 Å². The number of nitrogens with one attached hydrogen (secondary N) is 1. The molecule has 5 nitrogen and oxygen atoms in total. The van der Waals surface area contributed by atoms with Gasteiger partial charge in [0.15, 0.2) is 0 Å². The first-order valence-electron chi connectivity index (χ1n) is 5.58. The summed E-state index contributed by atoms with van der Waals surface area (Å²) in [5.41, 5.74) is 0.529. The van der Waals surface area contributed by atoms with Crippen LogP contribution in [0.2, 0.25) is 0 Å². The Morgan fingerprint density at radius 2 is 2.18 bits per heavy atom. The highest BCUT2D eigenvalue weighted by Crippen LogP contribution is 2.18. The van der Waals surface area contributed by atoms with Gasteiger partial charge in [-0.15, -0.1) is 11.3 Å². The number of aromatic nitrogens is 1. The molecule has 2 heterocycles. The van der Waals surface area contributed by atoms with E-state index in [2.05, 4.69) is 10.3 Å². The summed E-state index contributed by atoms with van der Waals surface area (Å²) in [7, 11) is 0. The maximum atomic E-state index is 12.2. The summed E-state index contributed by atoms with van der Waals surface area (Å²) in [6, 6.07) is 0. The molecule has 2 amide bonds. The quantitative estimate of drug-likeness (QED) is 0.802. The Morgan fingerprint density at radius 1 is 1.41 bits per heavy atom. The molecular formula is C11H15N3O2S. The number of aryl methyl sites for hydroxylation is 2. The monoisotopic (exact) mass is 253 g/mol. The zero-order valence-electron chi connectivity index (χ0n) is 9.95. The van der Waals surface area contributed by atoms with E-state index in [-0.39, 0.29) is 11.8 Å². The van der Waals surface area contributed by atoms with Crippen LogP contribution in [0.1, 0.15) is 26.8 Å². The van der Waals surface area contributed by atoms with Crippen LogP contribution in [0, 0.1) is 13.8 Å². The van der Waals surface area contributed by atoms with Crippen LogP contribution in [0.3, 0.4) is 0 Å². The lowest BCUT2D eigenvalue weighted by molar-refractivity contribution is -0.120. The number of carbonyl (C=O) groups is 2. The van der Waals surface area contributed by atoms with E-state index in [9.17, 15) is 9.59 Å². The lowest BCUT2D eigenvalue weighted by atomic mass is 10.3. The summed E-state index contributed by atoms with van der Waals surface area (Å²) in [6.07, 6.45) is 0.369. The Labute approximate surface area is 104 Å².